The van der Waals surface area contributed by atoms with Crippen molar-refractivity contribution in [1.29, 1.82) is 0 Å². The summed E-state index contributed by atoms with van der Waals surface area (Å²) in [4.78, 5) is 11.1. The van der Waals surface area contributed by atoms with Crippen LogP contribution in [-0.4, -0.2) is 24.8 Å². The fourth-order valence-electron chi connectivity index (χ4n) is 1.86. The molecule has 0 aliphatic heterocycles. The van der Waals surface area contributed by atoms with E-state index in [-0.39, 0.29) is 11.3 Å². The fraction of sp³-hybridized carbons (Fsp3) is 0.133. The topological polar surface area (TPSA) is 55.8 Å². The number of alkyl halides is 2. The predicted molar refractivity (Wildman–Crippen MR) is 72.0 cm³/mol. The molecule has 0 fully saturated rings. The van der Waals surface area contributed by atoms with Gasteiger partial charge in [0.15, 0.2) is 0 Å². The van der Waals surface area contributed by atoms with Crippen LogP contribution in [0.3, 0.4) is 0 Å². The van der Waals surface area contributed by atoms with Gasteiger partial charge in [-0.3, -0.25) is 0 Å². The van der Waals surface area contributed by atoms with E-state index in [4.69, 9.17) is 9.84 Å². The van der Waals surface area contributed by atoms with Crippen LogP contribution >= 0.6 is 0 Å². The second-order valence-corrected chi connectivity index (χ2v) is 4.16. The molecule has 1 N–H and O–H groups in total. The molecule has 2 rings (SSSR count). The average molecular weight is 294 g/mol. The van der Waals surface area contributed by atoms with Gasteiger partial charge in [-0.25, -0.2) is 4.79 Å². The highest BCUT2D eigenvalue weighted by atomic mass is 19.3. The fourth-order valence-corrected chi connectivity index (χ4v) is 1.86. The molecule has 21 heavy (non-hydrogen) atoms. The molecule has 2 aromatic rings. The standard InChI is InChI=1S/C15H12F2O4/c1-20-12-4-2-3-9(6-12)10-5-11(14(18)19)8-13(7-10)21-15(16)17/h2-8,15H,1H3,(H,18,19). The molecule has 0 radical (unpaired) electrons. The third-order valence-corrected chi connectivity index (χ3v) is 2.78. The van der Waals surface area contributed by atoms with Crippen LogP contribution in [-0.2, 0) is 0 Å². The van der Waals surface area contributed by atoms with Crippen molar-refractivity contribution in [2.45, 2.75) is 6.61 Å². The lowest BCUT2D eigenvalue weighted by Crippen LogP contribution is -2.04. The van der Waals surface area contributed by atoms with Gasteiger partial charge in [-0.05, 0) is 41.5 Å². The van der Waals surface area contributed by atoms with E-state index in [2.05, 4.69) is 4.74 Å². The van der Waals surface area contributed by atoms with Gasteiger partial charge < -0.3 is 14.6 Å². The van der Waals surface area contributed by atoms with Gasteiger partial charge in [0, 0.05) is 0 Å². The van der Waals surface area contributed by atoms with Crippen molar-refractivity contribution in [3.05, 3.63) is 48.0 Å². The van der Waals surface area contributed by atoms with Crippen LogP contribution in [0.25, 0.3) is 11.1 Å². The largest absolute Gasteiger partial charge is 0.497 e. The van der Waals surface area contributed by atoms with Crippen LogP contribution in [0, 0.1) is 0 Å². The van der Waals surface area contributed by atoms with Gasteiger partial charge in [0.1, 0.15) is 11.5 Å². The van der Waals surface area contributed by atoms with Crippen LogP contribution < -0.4 is 9.47 Å². The molecule has 0 amide bonds. The molecule has 0 bridgehead atoms. The van der Waals surface area contributed by atoms with Crippen molar-refractivity contribution < 1.29 is 28.2 Å². The lowest BCUT2D eigenvalue weighted by molar-refractivity contribution is -0.0498. The highest BCUT2D eigenvalue weighted by molar-refractivity contribution is 5.90. The van der Waals surface area contributed by atoms with Crippen molar-refractivity contribution in [3.63, 3.8) is 0 Å². The molecular weight excluding hydrogens is 282 g/mol. The Morgan fingerprint density at radius 3 is 2.43 bits per heavy atom. The molecule has 2 aromatic carbocycles. The number of halogens is 2. The first-order valence-electron chi connectivity index (χ1n) is 5.97. The minimum Gasteiger partial charge on any atom is -0.497 e. The number of hydrogen-bond acceptors (Lipinski definition) is 3. The summed E-state index contributed by atoms with van der Waals surface area (Å²) in [5.41, 5.74) is 0.951. The minimum absolute atomic E-state index is 0.133. The second-order valence-electron chi connectivity index (χ2n) is 4.16. The van der Waals surface area contributed by atoms with Crippen molar-refractivity contribution in [1.82, 2.24) is 0 Å². The Balaban J connectivity index is 2.50. The molecule has 6 heteroatoms. The van der Waals surface area contributed by atoms with Gasteiger partial charge in [-0.15, -0.1) is 0 Å². The van der Waals surface area contributed by atoms with Gasteiger partial charge in [0.2, 0.25) is 0 Å². The highest BCUT2D eigenvalue weighted by Gasteiger charge is 2.12. The van der Waals surface area contributed by atoms with Gasteiger partial charge in [-0.2, -0.15) is 8.78 Å². The van der Waals surface area contributed by atoms with Gasteiger partial charge >= 0.3 is 12.6 Å². The van der Waals surface area contributed by atoms with Gasteiger partial charge in [0.25, 0.3) is 0 Å². The maximum absolute atomic E-state index is 12.3. The summed E-state index contributed by atoms with van der Waals surface area (Å²) in [7, 11) is 1.50. The van der Waals surface area contributed by atoms with Crippen molar-refractivity contribution in [3.8, 4) is 22.6 Å². The molecule has 0 spiro atoms. The molecule has 110 valence electrons. The number of carboxylic acid groups (broad SMARTS) is 1. The van der Waals surface area contributed by atoms with E-state index in [9.17, 15) is 13.6 Å². The average Bonchev–Trinajstić information content (AvgIpc) is 2.46. The first-order chi connectivity index (χ1) is 9.99. The molecule has 0 saturated carbocycles. The Kier molecular flexibility index (Phi) is 4.37. The van der Waals surface area contributed by atoms with Crippen LogP contribution in [0.1, 0.15) is 10.4 Å². The Bertz CT molecular complexity index is 656. The minimum atomic E-state index is -3.02. The van der Waals surface area contributed by atoms with E-state index >= 15 is 0 Å². The van der Waals surface area contributed by atoms with Crippen LogP contribution in [0.2, 0.25) is 0 Å². The summed E-state index contributed by atoms with van der Waals surface area (Å²) in [6.45, 7) is -3.02. The maximum Gasteiger partial charge on any atom is 0.387 e. The summed E-state index contributed by atoms with van der Waals surface area (Å²) < 4.78 is 34.0. The molecule has 0 aromatic heterocycles. The Morgan fingerprint density at radius 2 is 1.81 bits per heavy atom. The molecule has 0 unspecified atom stereocenters. The summed E-state index contributed by atoms with van der Waals surface area (Å²) in [5.74, 6) is -0.855. The quantitative estimate of drug-likeness (QED) is 0.914. The first kappa shape index (κ1) is 14.8. The van der Waals surface area contributed by atoms with Gasteiger partial charge in [-0.1, -0.05) is 12.1 Å². The number of carboxylic acids is 1. The number of carbonyl (C=O) groups is 1. The lowest BCUT2D eigenvalue weighted by atomic mass is 10.0. The van der Waals surface area contributed by atoms with Crippen molar-refractivity contribution >= 4 is 5.97 Å². The number of hydrogen-bond donors (Lipinski definition) is 1. The molecule has 0 heterocycles. The van der Waals surface area contributed by atoms with Crippen LogP contribution in [0.5, 0.6) is 11.5 Å². The summed E-state index contributed by atoms with van der Waals surface area (Å²) in [6, 6.07) is 10.6. The first-order valence-corrected chi connectivity index (χ1v) is 5.97. The number of ether oxygens (including phenoxy) is 2. The van der Waals surface area contributed by atoms with Crippen molar-refractivity contribution in [2.75, 3.05) is 7.11 Å². The number of methoxy groups -OCH3 is 1. The lowest BCUT2D eigenvalue weighted by Gasteiger charge is -2.10. The Hall–Kier alpha value is -2.63. The molecule has 0 atom stereocenters. The van der Waals surface area contributed by atoms with Crippen molar-refractivity contribution in [2.24, 2.45) is 0 Å². The second kappa shape index (κ2) is 6.21. The molecular formula is C15H12F2O4. The van der Waals surface area contributed by atoms with E-state index < -0.39 is 12.6 Å². The summed E-state index contributed by atoms with van der Waals surface area (Å²) in [5, 5.41) is 9.05. The highest BCUT2D eigenvalue weighted by Crippen LogP contribution is 2.29. The summed E-state index contributed by atoms with van der Waals surface area (Å²) >= 11 is 0. The molecule has 0 saturated heterocycles. The number of rotatable bonds is 5. The van der Waals surface area contributed by atoms with Gasteiger partial charge in [0.05, 0.1) is 12.7 Å². The Labute approximate surface area is 119 Å². The van der Waals surface area contributed by atoms with E-state index in [0.717, 1.165) is 6.07 Å². The molecule has 0 aliphatic carbocycles. The third kappa shape index (κ3) is 3.68. The zero-order chi connectivity index (χ0) is 15.4. The van der Waals surface area contributed by atoms with Crippen LogP contribution in [0.4, 0.5) is 8.78 Å². The Morgan fingerprint density at radius 1 is 1.10 bits per heavy atom. The normalized spacial score (nSPS) is 10.5. The number of benzene rings is 2. The van der Waals surface area contributed by atoms with E-state index in [1.165, 1.54) is 19.2 Å². The molecule has 4 nitrogen and oxygen atoms in total. The smallest absolute Gasteiger partial charge is 0.387 e. The zero-order valence-electron chi connectivity index (χ0n) is 11.0. The monoisotopic (exact) mass is 294 g/mol. The maximum atomic E-state index is 12.3. The SMILES string of the molecule is COc1cccc(-c2cc(OC(F)F)cc(C(=O)O)c2)c1. The zero-order valence-corrected chi connectivity index (χ0v) is 11.0. The van der Waals surface area contributed by atoms with E-state index in [0.29, 0.717) is 16.9 Å². The predicted octanol–water partition coefficient (Wildman–Crippen LogP) is 3.66. The molecule has 0 aliphatic rings. The summed E-state index contributed by atoms with van der Waals surface area (Å²) in [6.07, 6.45) is 0. The van der Waals surface area contributed by atoms with Crippen LogP contribution in [0.15, 0.2) is 42.5 Å². The van der Waals surface area contributed by atoms with E-state index in [1.807, 2.05) is 0 Å². The third-order valence-electron chi connectivity index (χ3n) is 2.78. The number of aromatic carboxylic acids is 1. The van der Waals surface area contributed by atoms with E-state index in [1.54, 1.807) is 24.3 Å².